The van der Waals surface area contributed by atoms with Crippen LogP contribution in [-0.4, -0.2) is 31.1 Å². The molecule has 2 N–H and O–H groups in total. The molecule has 1 aromatic heterocycles. The van der Waals surface area contributed by atoms with Crippen molar-refractivity contribution in [2.75, 3.05) is 20.2 Å². The van der Waals surface area contributed by atoms with Crippen molar-refractivity contribution >= 4 is 5.96 Å². The van der Waals surface area contributed by atoms with Gasteiger partial charge in [-0.1, -0.05) is 18.2 Å². The van der Waals surface area contributed by atoms with Crippen molar-refractivity contribution in [1.82, 2.24) is 15.6 Å². The highest BCUT2D eigenvalue weighted by Gasteiger charge is 1.99. The zero-order chi connectivity index (χ0) is 16.3. The Hall–Kier alpha value is -2.56. The van der Waals surface area contributed by atoms with Crippen LogP contribution in [0.2, 0.25) is 0 Å². The van der Waals surface area contributed by atoms with E-state index in [4.69, 9.17) is 4.74 Å². The number of hydrogen-bond acceptors (Lipinski definition) is 3. The lowest BCUT2D eigenvalue weighted by Gasteiger charge is -2.11. The molecule has 0 fully saturated rings. The van der Waals surface area contributed by atoms with Crippen molar-refractivity contribution in [2.24, 2.45) is 4.99 Å². The van der Waals surface area contributed by atoms with Crippen LogP contribution in [0.25, 0.3) is 0 Å². The highest BCUT2D eigenvalue weighted by atomic mass is 16.5. The molecule has 5 nitrogen and oxygen atoms in total. The number of nitrogens with one attached hydrogen (secondary N) is 2. The smallest absolute Gasteiger partial charge is 0.191 e. The fourth-order valence-corrected chi connectivity index (χ4v) is 2.10. The zero-order valence-electron chi connectivity index (χ0n) is 13.7. The van der Waals surface area contributed by atoms with E-state index in [-0.39, 0.29) is 0 Å². The van der Waals surface area contributed by atoms with Crippen LogP contribution in [0, 0.1) is 0 Å². The van der Waals surface area contributed by atoms with Crippen LogP contribution in [0.3, 0.4) is 0 Å². The Morgan fingerprint density at radius 3 is 2.61 bits per heavy atom. The number of ether oxygens (including phenoxy) is 1. The molecular weight excluding hydrogens is 288 g/mol. The first-order valence-electron chi connectivity index (χ1n) is 7.87. The third-order valence-corrected chi connectivity index (χ3v) is 3.32. The first-order valence-corrected chi connectivity index (χ1v) is 7.87. The maximum absolute atomic E-state index is 5.16. The lowest BCUT2D eigenvalue weighted by atomic mass is 10.2. The lowest BCUT2D eigenvalue weighted by molar-refractivity contribution is 0.414. The molecule has 0 aliphatic rings. The maximum Gasteiger partial charge on any atom is 0.191 e. The molecule has 0 saturated carbocycles. The molecule has 0 bridgehead atoms. The summed E-state index contributed by atoms with van der Waals surface area (Å²) in [5.41, 5.74) is 2.22. The van der Waals surface area contributed by atoms with Gasteiger partial charge in [0, 0.05) is 31.4 Å². The van der Waals surface area contributed by atoms with E-state index in [0.717, 1.165) is 42.5 Å². The third kappa shape index (κ3) is 5.98. The number of benzene rings is 1. The number of aliphatic imine (C=N–C) groups is 1. The number of hydrogen-bond donors (Lipinski definition) is 2. The Kier molecular flexibility index (Phi) is 6.91. The number of methoxy groups -OCH3 is 1. The first kappa shape index (κ1) is 16.8. The van der Waals surface area contributed by atoms with Crippen molar-refractivity contribution < 1.29 is 4.74 Å². The monoisotopic (exact) mass is 312 g/mol. The topological polar surface area (TPSA) is 58.5 Å². The van der Waals surface area contributed by atoms with E-state index in [1.807, 2.05) is 48.7 Å². The summed E-state index contributed by atoms with van der Waals surface area (Å²) in [4.78, 5) is 8.92. The minimum Gasteiger partial charge on any atom is -0.497 e. The van der Waals surface area contributed by atoms with Gasteiger partial charge in [0.1, 0.15) is 5.75 Å². The lowest BCUT2D eigenvalue weighted by Crippen LogP contribution is -2.38. The van der Waals surface area contributed by atoms with Gasteiger partial charge in [-0.3, -0.25) is 4.98 Å². The van der Waals surface area contributed by atoms with E-state index in [0.29, 0.717) is 6.54 Å². The normalized spacial score (nSPS) is 11.1. The summed E-state index contributed by atoms with van der Waals surface area (Å²) < 4.78 is 5.16. The van der Waals surface area contributed by atoms with E-state index in [2.05, 4.69) is 27.5 Å². The molecule has 2 rings (SSSR count). The van der Waals surface area contributed by atoms with Gasteiger partial charge in [-0.25, -0.2) is 4.99 Å². The highest BCUT2D eigenvalue weighted by molar-refractivity contribution is 5.79. The Morgan fingerprint density at radius 2 is 1.96 bits per heavy atom. The predicted octanol–water partition coefficient (Wildman–Crippen LogP) is 2.39. The summed E-state index contributed by atoms with van der Waals surface area (Å²) in [7, 11) is 1.67. The molecule has 0 aliphatic heterocycles. The largest absolute Gasteiger partial charge is 0.497 e. The van der Waals surface area contributed by atoms with Crippen LogP contribution in [0.4, 0.5) is 0 Å². The second-order valence-corrected chi connectivity index (χ2v) is 5.04. The number of nitrogens with zero attached hydrogens (tertiary/aromatic N) is 2. The first-order chi connectivity index (χ1) is 11.3. The Balaban J connectivity index is 1.86. The number of rotatable bonds is 7. The maximum atomic E-state index is 5.16. The van der Waals surface area contributed by atoms with Crippen LogP contribution in [-0.2, 0) is 13.0 Å². The van der Waals surface area contributed by atoms with Crippen LogP contribution < -0.4 is 15.4 Å². The number of aromatic nitrogens is 1. The van der Waals surface area contributed by atoms with Crippen molar-refractivity contribution in [3.63, 3.8) is 0 Å². The summed E-state index contributed by atoms with van der Waals surface area (Å²) in [5, 5.41) is 6.59. The minimum atomic E-state index is 0.628. The molecule has 0 amide bonds. The predicted molar refractivity (Wildman–Crippen MR) is 93.8 cm³/mol. The van der Waals surface area contributed by atoms with Crippen molar-refractivity contribution in [2.45, 2.75) is 19.9 Å². The standard InChI is InChI=1S/C18H24N4O/c1-3-19-18(21-13-11-16-6-4-5-12-20-16)22-14-15-7-9-17(23-2)10-8-15/h4-10,12H,3,11,13-14H2,1-2H3,(H2,19,21,22). The quantitative estimate of drug-likeness (QED) is 0.609. The van der Waals surface area contributed by atoms with E-state index >= 15 is 0 Å². The van der Waals surface area contributed by atoms with E-state index in [9.17, 15) is 0 Å². The molecule has 1 aromatic carbocycles. The van der Waals surface area contributed by atoms with E-state index < -0.39 is 0 Å². The fourth-order valence-electron chi connectivity index (χ4n) is 2.10. The molecule has 0 radical (unpaired) electrons. The van der Waals surface area contributed by atoms with Gasteiger partial charge in [-0.15, -0.1) is 0 Å². The SMILES string of the molecule is CCNC(=NCc1ccc(OC)cc1)NCCc1ccccn1. The number of pyridine rings is 1. The van der Waals surface area contributed by atoms with Gasteiger partial charge in [0.25, 0.3) is 0 Å². The van der Waals surface area contributed by atoms with Gasteiger partial charge in [-0.2, -0.15) is 0 Å². The Morgan fingerprint density at radius 1 is 1.13 bits per heavy atom. The van der Waals surface area contributed by atoms with Crippen molar-refractivity contribution in [1.29, 1.82) is 0 Å². The van der Waals surface area contributed by atoms with Crippen LogP contribution in [0.5, 0.6) is 5.75 Å². The Bertz CT molecular complexity index is 596. The van der Waals surface area contributed by atoms with Crippen LogP contribution in [0.15, 0.2) is 53.7 Å². The average Bonchev–Trinajstić information content (AvgIpc) is 2.61. The van der Waals surface area contributed by atoms with Crippen molar-refractivity contribution in [3.05, 3.63) is 59.9 Å². The molecule has 0 aliphatic carbocycles. The molecule has 2 aromatic rings. The van der Waals surface area contributed by atoms with E-state index in [1.54, 1.807) is 7.11 Å². The molecule has 0 atom stereocenters. The summed E-state index contributed by atoms with van der Waals surface area (Å²) in [6, 6.07) is 13.9. The molecule has 122 valence electrons. The van der Waals surface area contributed by atoms with Gasteiger partial charge in [0.05, 0.1) is 13.7 Å². The van der Waals surface area contributed by atoms with Crippen LogP contribution in [0.1, 0.15) is 18.2 Å². The van der Waals surface area contributed by atoms with E-state index in [1.165, 1.54) is 0 Å². The minimum absolute atomic E-state index is 0.628. The van der Waals surface area contributed by atoms with Gasteiger partial charge in [0.2, 0.25) is 0 Å². The van der Waals surface area contributed by atoms with Gasteiger partial charge < -0.3 is 15.4 Å². The molecular formula is C18H24N4O. The molecule has 0 saturated heterocycles. The fraction of sp³-hybridized carbons (Fsp3) is 0.333. The van der Waals surface area contributed by atoms with Gasteiger partial charge in [0.15, 0.2) is 5.96 Å². The summed E-state index contributed by atoms with van der Waals surface area (Å²) >= 11 is 0. The van der Waals surface area contributed by atoms with Crippen LogP contribution >= 0.6 is 0 Å². The average molecular weight is 312 g/mol. The van der Waals surface area contributed by atoms with Gasteiger partial charge in [-0.05, 0) is 36.8 Å². The van der Waals surface area contributed by atoms with Gasteiger partial charge >= 0.3 is 0 Å². The molecule has 0 unspecified atom stereocenters. The summed E-state index contributed by atoms with van der Waals surface area (Å²) in [6.45, 7) is 4.32. The molecule has 5 heteroatoms. The second-order valence-electron chi connectivity index (χ2n) is 5.04. The number of guanidine groups is 1. The third-order valence-electron chi connectivity index (χ3n) is 3.32. The summed E-state index contributed by atoms with van der Waals surface area (Å²) in [6.07, 6.45) is 2.69. The molecule has 0 spiro atoms. The van der Waals surface area contributed by atoms with Crippen molar-refractivity contribution in [3.8, 4) is 5.75 Å². The zero-order valence-corrected chi connectivity index (χ0v) is 13.7. The second kappa shape index (κ2) is 9.46. The summed E-state index contributed by atoms with van der Waals surface area (Å²) in [5.74, 6) is 1.68. The molecule has 23 heavy (non-hydrogen) atoms. The molecule has 1 heterocycles. The highest BCUT2D eigenvalue weighted by Crippen LogP contribution is 2.11. The Labute approximate surface area is 137 Å².